The predicted octanol–water partition coefficient (Wildman–Crippen LogP) is -0.0725. The van der Waals surface area contributed by atoms with Crippen LogP contribution in [0.1, 0.15) is 12.8 Å². The lowest BCUT2D eigenvalue weighted by Crippen LogP contribution is -2.52. The molecule has 0 aliphatic carbocycles. The number of hydrogen-bond acceptors (Lipinski definition) is 5. The second-order valence-electron chi connectivity index (χ2n) is 6.53. The Kier molecular flexibility index (Phi) is 5.30. The molecule has 24 heavy (non-hydrogen) atoms. The minimum Gasteiger partial charge on any atom is -0.369 e. The zero-order valence-electron chi connectivity index (χ0n) is 13.9. The van der Waals surface area contributed by atoms with Gasteiger partial charge in [0.2, 0.25) is 11.8 Å². The van der Waals surface area contributed by atoms with Crippen molar-refractivity contribution in [1.82, 2.24) is 14.8 Å². The molecule has 3 rings (SSSR count). The number of nitrogens with zero attached hydrogens (tertiary/aromatic N) is 4. The van der Waals surface area contributed by atoms with Gasteiger partial charge in [0.05, 0.1) is 12.5 Å². The summed E-state index contributed by atoms with van der Waals surface area (Å²) in [6.45, 7) is 4.87. The van der Waals surface area contributed by atoms with E-state index >= 15 is 0 Å². The number of piperidine rings is 1. The van der Waals surface area contributed by atoms with E-state index < -0.39 is 0 Å². The van der Waals surface area contributed by atoms with Gasteiger partial charge < -0.3 is 15.5 Å². The molecule has 2 N–H and O–H groups in total. The van der Waals surface area contributed by atoms with Gasteiger partial charge in [-0.2, -0.15) is 0 Å². The summed E-state index contributed by atoms with van der Waals surface area (Å²) in [5.41, 5.74) is 5.40. The Hall–Kier alpha value is -2.15. The van der Waals surface area contributed by atoms with E-state index in [1.54, 1.807) is 6.20 Å². The smallest absolute Gasteiger partial charge is 0.236 e. The van der Waals surface area contributed by atoms with E-state index in [-0.39, 0.29) is 17.7 Å². The Labute approximate surface area is 142 Å². The molecule has 0 bridgehead atoms. The topological polar surface area (TPSA) is 82.8 Å². The maximum atomic E-state index is 12.5. The molecule has 2 fully saturated rings. The van der Waals surface area contributed by atoms with Crippen LogP contribution in [-0.4, -0.2) is 72.4 Å². The molecule has 0 radical (unpaired) electrons. The van der Waals surface area contributed by atoms with Gasteiger partial charge in [-0.05, 0) is 31.5 Å². The minimum atomic E-state index is -0.254. The van der Waals surface area contributed by atoms with Gasteiger partial charge in [-0.15, -0.1) is 0 Å². The molecule has 3 heterocycles. The summed E-state index contributed by atoms with van der Waals surface area (Å²) in [6.07, 6.45) is 3.55. The van der Waals surface area contributed by atoms with E-state index in [1.165, 1.54) is 0 Å². The summed E-state index contributed by atoms with van der Waals surface area (Å²) in [6, 6.07) is 5.88. The number of nitrogens with two attached hydrogens (primary N) is 1. The number of piperazine rings is 1. The number of amides is 2. The van der Waals surface area contributed by atoms with Crippen LogP contribution in [0.2, 0.25) is 0 Å². The van der Waals surface area contributed by atoms with Crippen molar-refractivity contribution in [2.75, 3.05) is 50.7 Å². The number of carbonyl (C=O) groups is 2. The zero-order valence-corrected chi connectivity index (χ0v) is 13.9. The van der Waals surface area contributed by atoms with E-state index in [0.717, 1.165) is 38.3 Å². The predicted molar refractivity (Wildman–Crippen MR) is 91.4 cm³/mol. The Bertz CT molecular complexity index is 572. The number of rotatable bonds is 4. The average Bonchev–Trinajstić information content (AvgIpc) is 2.63. The molecule has 1 aromatic heterocycles. The molecule has 1 atom stereocenters. The largest absolute Gasteiger partial charge is 0.369 e. The fraction of sp³-hybridized carbons (Fsp3) is 0.588. The highest BCUT2D eigenvalue weighted by Crippen LogP contribution is 2.17. The van der Waals surface area contributed by atoms with Gasteiger partial charge in [-0.25, -0.2) is 4.98 Å². The Balaban J connectivity index is 1.48. The molecule has 0 aromatic carbocycles. The monoisotopic (exact) mass is 331 g/mol. The second-order valence-corrected chi connectivity index (χ2v) is 6.53. The normalized spacial score (nSPS) is 22.4. The Morgan fingerprint density at radius 1 is 1.17 bits per heavy atom. The number of aromatic nitrogens is 1. The summed E-state index contributed by atoms with van der Waals surface area (Å²) in [5.74, 6) is 0.731. The summed E-state index contributed by atoms with van der Waals surface area (Å²) >= 11 is 0. The molecular weight excluding hydrogens is 306 g/mol. The molecule has 2 aliphatic heterocycles. The first-order valence-corrected chi connectivity index (χ1v) is 8.59. The number of likely N-dealkylation sites (tertiary alicyclic amines) is 1. The first-order chi connectivity index (χ1) is 11.6. The SMILES string of the molecule is NC(=O)[C@H]1CCCN(CC(=O)N2CCN(c3ccccn3)CC2)C1. The molecule has 2 saturated heterocycles. The highest BCUT2D eigenvalue weighted by atomic mass is 16.2. The third-order valence-corrected chi connectivity index (χ3v) is 4.87. The molecule has 1 aromatic rings. The lowest BCUT2D eigenvalue weighted by atomic mass is 9.97. The van der Waals surface area contributed by atoms with Gasteiger partial charge in [0, 0.05) is 38.9 Å². The van der Waals surface area contributed by atoms with Crippen LogP contribution in [-0.2, 0) is 9.59 Å². The highest BCUT2D eigenvalue weighted by molar-refractivity contribution is 5.79. The van der Waals surface area contributed by atoms with Crippen LogP contribution >= 0.6 is 0 Å². The first kappa shape index (κ1) is 16.7. The van der Waals surface area contributed by atoms with Crippen molar-refractivity contribution < 1.29 is 9.59 Å². The third kappa shape index (κ3) is 4.03. The van der Waals surface area contributed by atoms with Crippen molar-refractivity contribution in [3.8, 4) is 0 Å². The summed E-state index contributed by atoms with van der Waals surface area (Å²) in [5, 5.41) is 0. The zero-order chi connectivity index (χ0) is 16.9. The lowest BCUT2D eigenvalue weighted by molar-refractivity contribution is -0.134. The van der Waals surface area contributed by atoms with Crippen molar-refractivity contribution in [2.24, 2.45) is 11.7 Å². The molecule has 2 aliphatic rings. The van der Waals surface area contributed by atoms with E-state index in [0.29, 0.717) is 26.2 Å². The number of primary amides is 1. The molecule has 0 spiro atoms. The third-order valence-electron chi connectivity index (χ3n) is 4.87. The molecule has 0 unspecified atom stereocenters. The fourth-order valence-electron chi connectivity index (χ4n) is 3.45. The number of anilines is 1. The molecule has 7 heteroatoms. The number of carbonyl (C=O) groups excluding carboxylic acids is 2. The fourth-order valence-corrected chi connectivity index (χ4v) is 3.45. The van der Waals surface area contributed by atoms with Gasteiger partial charge in [0.1, 0.15) is 5.82 Å². The van der Waals surface area contributed by atoms with Gasteiger partial charge >= 0.3 is 0 Å². The minimum absolute atomic E-state index is 0.118. The summed E-state index contributed by atoms with van der Waals surface area (Å²) < 4.78 is 0. The van der Waals surface area contributed by atoms with Crippen LogP contribution in [0.4, 0.5) is 5.82 Å². The summed E-state index contributed by atoms with van der Waals surface area (Å²) in [4.78, 5) is 34.4. The van der Waals surface area contributed by atoms with Gasteiger partial charge in [-0.1, -0.05) is 6.07 Å². The molecule has 0 saturated carbocycles. The number of hydrogen-bond donors (Lipinski definition) is 1. The molecule has 130 valence electrons. The van der Waals surface area contributed by atoms with Gasteiger partial charge in [0.25, 0.3) is 0 Å². The quantitative estimate of drug-likeness (QED) is 0.835. The maximum absolute atomic E-state index is 12.5. The Morgan fingerprint density at radius 3 is 2.62 bits per heavy atom. The van der Waals surface area contributed by atoms with Crippen LogP contribution in [0.15, 0.2) is 24.4 Å². The van der Waals surface area contributed by atoms with Crippen LogP contribution in [0.3, 0.4) is 0 Å². The van der Waals surface area contributed by atoms with Crippen molar-refractivity contribution >= 4 is 17.6 Å². The highest BCUT2D eigenvalue weighted by Gasteiger charge is 2.28. The second kappa shape index (κ2) is 7.61. The van der Waals surface area contributed by atoms with Gasteiger partial charge in [0.15, 0.2) is 0 Å². The van der Waals surface area contributed by atoms with Crippen LogP contribution < -0.4 is 10.6 Å². The lowest BCUT2D eigenvalue weighted by Gasteiger charge is -2.37. The first-order valence-electron chi connectivity index (χ1n) is 8.59. The Morgan fingerprint density at radius 2 is 1.96 bits per heavy atom. The van der Waals surface area contributed by atoms with E-state index in [9.17, 15) is 9.59 Å². The van der Waals surface area contributed by atoms with Crippen molar-refractivity contribution in [3.63, 3.8) is 0 Å². The van der Waals surface area contributed by atoms with Gasteiger partial charge in [-0.3, -0.25) is 14.5 Å². The molecule has 2 amide bonds. The molecular formula is C17H25N5O2. The standard InChI is InChI=1S/C17H25N5O2/c18-17(24)14-4-3-7-20(12-14)13-16(23)22-10-8-21(9-11-22)15-5-1-2-6-19-15/h1-2,5-6,14H,3-4,7-13H2,(H2,18,24)/t14-/m0/s1. The van der Waals surface area contributed by atoms with E-state index in [4.69, 9.17) is 5.73 Å². The van der Waals surface area contributed by atoms with E-state index in [2.05, 4.69) is 14.8 Å². The summed E-state index contributed by atoms with van der Waals surface area (Å²) in [7, 11) is 0. The van der Waals surface area contributed by atoms with Crippen LogP contribution in [0.5, 0.6) is 0 Å². The van der Waals surface area contributed by atoms with Crippen molar-refractivity contribution in [1.29, 1.82) is 0 Å². The average molecular weight is 331 g/mol. The van der Waals surface area contributed by atoms with Crippen molar-refractivity contribution in [2.45, 2.75) is 12.8 Å². The van der Waals surface area contributed by atoms with Crippen LogP contribution in [0.25, 0.3) is 0 Å². The maximum Gasteiger partial charge on any atom is 0.236 e. The molecule has 7 nitrogen and oxygen atoms in total. The number of pyridine rings is 1. The van der Waals surface area contributed by atoms with Crippen molar-refractivity contribution in [3.05, 3.63) is 24.4 Å². The van der Waals surface area contributed by atoms with E-state index in [1.807, 2.05) is 23.1 Å². The van der Waals surface area contributed by atoms with Crippen LogP contribution in [0, 0.1) is 5.92 Å².